The fourth-order valence-electron chi connectivity index (χ4n) is 3.67. The Morgan fingerprint density at radius 2 is 1.57 bits per heavy atom. The largest absolute Gasteiger partial charge is 0.352 e. The van der Waals surface area contributed by atoms with Crippen molar-refractivity contribution in [1.29, 1.82) is 0 Å². The van der Waals surface area contributed by atoms with E-state index in [1.807, 2.05) is 32.9 Å². The van der Waals surface area contributed by atoms with Gasteiger partial charge in [-0.2, -0.15) is 0 Å². The van der Waals surface area contributed by atoms with Crippen molar-refractivity contribution in [3.8, 4) is 0 Å². The van der Waals surface area contributed by atoms with Crippen LogP contribution in [-0.4, -0.2) is 50.0 Å². The minimum Gasteiger partial charge on any atom is -0.352 e. The number of halogens is 2. The van der Waals surface area contributed by atoms with Gasteiger partial charge in [0, 0.05) is 28.2 Å². The molecular weight excluding hydrogens is 509 g/mol. The molecule has 192 valence electrons. The summed E-state index contributed by atoms with van der Waals surface area (Å²) in [5.41, 5.74) is 1.89. The van der Waals surface area contributed by atoms with Crippen LogP contribution in [0.25, 0.3) is 0 Å². The minimum atomic E-state index is -3.79. The molecule has 7 nitrogen and oxygen atoms in total. The highest BCUT2D eigenvalue weighted by atomic mass is 35.5. The first-order valence-electron chi connectivity index (χ1n) is 11.5. The molecule has 0 radical (unpaired) electrons. The molecule has 0 heterocycles. The number of nitrogens with zero attached hydrogens (tertiary/aromatic N) is 2. The van der Waals surface area contributed by atoms with Gasteiger partial charge in [-0.05, 0) is 56.5 Å². The Hall–Kier alpha value is -2.29. The molecule has 2 aromatic carbocycles. The fraction of sp³-hybridized carbons (Fsp3) is 0.440. The van der Waals surface area contributed by atoms with Gasteiger partial charge in [-0.3, -0.25) is 13.9 Å². The molecule has 0 saturated heterocycles. The van der Waals surface area contributed by atoms with E-state index in [4.69, 9.17) is 23.2 Å². The maximum absolute atomic E-state index is 13.7. The second-order valence-corrected chi connectivity index (χ2v) is 11.3. The Bertz CT molecular complexity index is 1120. The molecule has 0 fully saturated rings. The summed E-state index contributed by atoms with van der Waals surface area (Å²) in [4.78, 5) is 28.0. The Kier molecular flexibility index (Phi) is 10.4. The first-order valence-corrected chi connectivity index (χ1v) is 14.1. The third kappa shape index (κ3) is 7.85. The van der Waals surface area contributed by atoms with Gasteiger partial charge < -0.3 is 10.2 Å². The van der Waals surface area contributed by atoms with Crippen LogP contribution in [0.4, 0.5) is 5.69 Å². The third-order valence-corrected chi connectivity index (χ3v) is 7.37. The zero-order valence-corrected chi connectivity index (χ0v) is 23.0. The van der Waals surface area contributed by atoms with Gasteiger partial charge in [0.05, 0.1) is 11.9 Å². The SMILES string of the molecule is CCc1ccc(N(CC(=O)N(Cc2c(Cl)cccc2Cl)[C@H](CC)C(=O)NC(C)C)S(C)(=O)=O)cc1. The van der Waals surface area contributed by atoms with E-state index in [0.717, 1.165) is 22.5 Å². The molecule has 10 heteroatoms. The highest BCUT2D eigenvalue weighted by molar-refractivity contribution is 7.92. The zero-order valence-electron chi connectivity index (χ0n) is 20.7. The maximum atomic E-state index is 13.7. The van der Waals surface area contributed by atoms with Crippen molar-refractivity contribution in [3.05, 3.63) is 63.6 Å². The van der Waals surface area contributed by atoms with Crippen LogP contribution in [0.3, 0.4) is 0 Å². The minimum absolute atomic E-state index is 0.0479. The normalized spacial score (nSPS) is 12.3. The molecule has 0 unspecified atom stereocenters. The van der Waals surface area contributed by atoms with Gasteiger partial charge in [0.1, 0.15) is 12.6 Å². The van der Waals surface area contributed by atoms with Gasteiger partial charge in [-0.15, -0.1) is 0 Å². The average molecular weight is 543 g/mol. The van der Waals surface area contributed by atoms with Crippen molar-refractivity contribution in [2.75, 3.05) is 17.1 Å². The summed E-state index contributed by atoms with van der Waals surface area (Å²) in [5, 5.41) is 3.54. The molecule has 1 atom stereocenters. The second kappa shape index (κ2) is 12.6. The van der Waals surface area contributed by atoms with Crippen molar-refractivity contribution in [2.24, 2.45) is 0 Å². The molecule has 0 saturated carbocycles. The molecule has 0 aliphatic rings. The van der Waals surface area contributed by atoms with Crippen LogP contribution >= 0.6 is 23.2 Å². The number of hydrogen-bond acceptors (Lipinski definition) is 4. The number of benzene rings is 2. The van der Waals surface area contributed by atoms with Crippen LogP contribution < -0.4 is 9.62 Å². The lowest BCUT2D eigenvalue weighted by Crippen LogP contribution is -2.53. The summed E-state index contributed by atoms with van der Waals surface area (Å²) in [6, 6.07) is 11.0. The van der Waals surface area contributed by atoms with E-state index in [0.29, 0.717) is 27.7 Å². The van der Waals surface area contributed by atoms with Gasteiger partial charge >= 0.3 is 0 Å². The van der Waals surface area contributed by atoms with Crippen molar-refractivity contribution in [3.63, 3.8) is 0 Å². The van der Waals surface area contributed by atoms with E-state index in [-0.39, 0.29) is 18.5 Å². The second-order valence-electron chi connectivity index (χ2n) is 8.60. The molecule has 2 amide bonds. The average Bonchev–Trinajstić information content (AvgIpc) is 2.78. The van der Waals surface area contributed by atoms with Crippen molar-refractivity contribution >= 4 is 50.7 Å². The first kappa shape index (κ1) is 28.9. The van der Waals surface area contributed by atoms with Crippen molar-refractivity contribution < 1.29 is 18.0 Å². The number of sulfonamides is 1. The van der Waals surface area contributed by atoms with E-state index < -0.39 is 28.5 Å². The standard InChI is InChI=1S/C25H33Cl2N3O4S/c1-6-18-11-13-19(14-12-18)30(35(5,33)34)16-24(31)29(23(7-2)25(32)28-17(3)4)15-20-21(26)9-8-10-22(20)27/h8-14,17,23H,6-7,15-16H2,1-5H3,(H,28,32)/t23-/m1/s1. The van der Waals surface area contributed by atoms with Crippen LogP contribution in [0.5, 0.6) is 0 Å². The smallest absolute Gasteiger partial charge is 0.244 e. The zero-order chi connectivity index (χ0) is 26.3. The van der Waals surface area contributed by atoms with E-state index in [1.165, 1.54) is 4.90 Å². The third-order valence-electron chi connectivity index (χ3n) is 5.52. The van der Waals surface area contributed by atoms with Crippen molar-refractivity contribution in [2.45, 2.75) is 59.2 Å². The maximum Gasteiger partial charge on any atom is 0.244 e. The summed E-state index contributed by atoms with van der Waals surface area (Å²) in [6.45, 7) is 6.92. The quantitative estimate of drug-likeness (QED) is 0.448. The molecular formula is C25H33Cl2N3O4S. The number of anilines is 1. The van der Waals surface area contributed by atoms with Crippen LogP contribution in [-0.2, 0) is 32.6 Å². The monoisotopic (exact) mass is 541 g/mol. The number of nitrogens with one attached hydrogen (secondary N) is 1. The van der Waals surface area contributed by atoms with Gasteiger partial charge in [0.2, 0.25) is 21.8 Å². The summed E-state index contributed by atoms with van der Waals surface area (Å²) in [5.74, 6) is -0.881. The molecule has 1 N–H and O–H groups in total. The lowest BCUT2D eigenvalue weighted by atomic mass is 10.1. The summed E-state index contributed by atoms with van der Waals surface area (Å²) >= 11 is 12.7. The highest BCUT2D eigenvalue weighted by Crippen LogP contribution is 2.27. The molecule has 0 bridgehead atoms. The molecule has 0 spiro atoms. The molecule has 0 aliphatic carbocycles. The number of hydrogen-bond donors (Lipinski definition) is 1. The van der Waals surface area contributed by atoms with Crippen LogP contribution in [0.2, 0.25) is 10.0 Å². The van der Waals surface area contributed by atoms with E-state index in [9.17, 15) is 18.0 Å². The molecule has 0 aromatic heterocycles. The molecule has 2 rings (SSSR count). The Morgan fingerprint density at radius 1 is 1.00 bits per heavy atom. The lowest BCUT2D eigenvalue weighted by Gasteiger charge is -2.33. The Labute approximate surface area is 218 Å². The number of carbonyl (C=O) groups excluding carboxylic acids is 2. The first-order chi connectivity index (χ1) is 16.4. The Balaban J connectivity index is 2.49. The van der Waals surface area contributed by atoms with E-state index in [2.05, 4.69) is 5.32 Å². The topological polar surface area (TPSA) is 86.8 Å². The Morgan fingerprint density at radius 3 is 2.03 bits per heavy atom. The predicted octanol–water partition coefficient (Wildman–Crippen LogP) is 4.65. The molecule has 0 aliphatic heterocycles. The highest BCUT2D eigenvalue weighted by Gasteiger charge is 2.32. The van der Waals surface area contributed by atoms with E-state index >= 15 is 0 Å². The molecule has 2 aromatic rings. The van der Waals surface area contributed by atoms with Crippen LogP contribution in [0.1, 0.15) is 45.2 Å². The van der Waals surface area contributed by atoms with Gasteiger partial charge in [-0.1, -0.05) is 55.2 Å². The number of aryl methyl sites for hydroxylation is 1. The lowest BCUT2D eigenvalue weighted by molar-refractivity contribution is -0.140. The summed E-state index contributed by atoms with van der Waals surface area (Å²) in [6.07, 6.45) is 2.16. The predicted molar refractivity (Wildman–Crippen MR) is 142 cm³/mol. The van der Waals surface area contributed by atoms with E-state index in [1.54, 1.807) is 37.3 Å². The van der Waals surface area contributed by atoms with Gasteiger partial charge in [-0.25, -0.2) is 8.42 Å². The fourth-order valence-corrected chi connectivity index (χ4v) is 5.03. The number of carbonyl (C=O) groups is 2. The summed E-state index contributed by atoms with van der Waals surface area (Å²) < 4.78 is 26.4. The summed E-state index contributed by atoms with van der Waals surface area (Å²) in [7, 11) is -3.79. The van der Waals surface area contributed by atoms with Crippen LogP contribution in [0.15, 0.2) is 42.5 Å². The molecule has 35 heavy (non-hydrogen) atoms. The van der Waals surface area contributed by atoms with Gasteiger partial charge in [0.15, 0.2) is 0 Å². The number of amides is 2. The van der Waals surface area contributed by atoms with Crippen molar-refractivity contribution in [1.82, 2.24) is 10.2 Å². The van der Waals surface area contributed by atoms with Gasteiger partial charge in [0.25, 0.3) is 0 Å². The van der Waals surface area contributed by atoms with Crippen LogP contribution in [0, 0.1) is 0 Å². The number of rotatable bonds is 11.